The Morgan fingerprint density at radius 1 is 1.00 bits per heavy atom. The van der Waals surface area contributed by atoms with Crippen LogP contribution in [0.4, 0.5) is 5.69 Å². The maximum absolute atomic E-state index is 12.3. The smallest absolute Gasteiger partial charge is 0.262 e. The molecule has 0 atom stereocenters. The third kappa shape index (κ3) is 4.65. The summed E-state index contributed by atoms with van der Waals surface area (Å²) in [6.45, 7) is -0.170. The molecule has 29 heavy (non-hydrogen) atoms. The Labute approximate surface area is 186 Å². The van der Waals surface area contributed by atoms with Crippen molar-refractivity contribution in [3.8, 4) is 16.3 Å². The van der Waals surface area contributed by atoms with E-state index in [1.54, 1.807) is 36.4 Å². The number of ether oxygens (including phenoxy) is 1. The van der Waals surface area contributed by atoms with Gasteiger partial charge >= 0.3 is 0 Å². The molecule has 0 aliphatic rings. The molecule has 1 heterocycles. The molecular formula is C21H13Cl3N2O2S. The molecule has 4 nitrogen and oxygen atoms in total. The van der Waals surface area contributed by atoms with Crippen LogP contribution in [-0.4, -0.2) is 17.5 Å². The molecule has 0 aliphatic carbocycles. The first kappa shape index (κ1) is 20.0. The van der Waals surface area contributed by atoms with Crippen LogP contribution in [0, 0.1) is 0 Å². The van der Waals surface area contributed by atoms with E-state index in [-0.39, 0.29) is 12.5 Å². The summed E-state index contributed by atoms with van der Waals surface area (Å²) in [6.07, 6.45) is 0. The van der Waals surface area contributed by atoms with Crippen LogP contribution in [0.3, 0.4) is 0 Å². The highest BCUT2D eigenvalue weighted by molar-refractivity contribution is 7.21. The number of nitrogens with one attached hydrogen (secondary N) is 1. The van der Waals surface area contributed by atoms with Crippen molar-refractivity contribution in [2.45, 2.75) is 0 Å². The fraction of sp³-hybridized carbons (Fsp3) is 0.0476. The van der Waals surface area contributed by atoms with E-state index in [1.165, 1.54) is 11.3 Å². The highest BCUT2D eigenvalue weighted by Crippen LogP contribution is 2.38. The first-order valence-corrected chi connectivity index (χ1v) is 10.5. The average molecular weight is 464 g/mol. The van der Waals surface area contributed by atoms with Crippen molar-refractivity contribution in [2.75, 3.05) is 11.9 Å². The van der Waals surface area contributed by atoms with Crippen LogP contribution in [0.5, 0.6) is 5.75 Å². The highest BCUT2D eigenvalue weighted by atomic mass is 35.5. The zero-order valence-corrected chi connectivity index (χ0v) is 17.9. The summed E-state index contributed by atoms with van der Waals surface area (Å²) in [5.74, 6) is 0.196. The van der Waals surface area contributed by atoms with Gasteiger partial charge in [-0.3, -0.25) is 4.79 Å². The number of carbonyl (C=O) groups excluding carboxylic acids is 1. The van der Waals surface area contributed by atoms with Gasteiger partial charge < -0.3 is 10.1 Å². The number of carbonyl (C=O) groups is 1. The second kappa shape index (κ2) is 8.59. The Kier molecular flexibility index (Phi) is 5.92. The fourth-order valence-corrected chi connectivity index (χ4v) is 4.36. The van der Waals surface area contributed by atoms with E-state index in [1.807, 2.05) is 24.3 Å². The molecule has 0 spiro atoms. The molecule has 8 heteroatoms. The number of benzene rings is 3. The predicted octanol–water partition coefficient (Wildman–Crippen LogP) is 6.94. The topological polar surface area (TPSA) is 51.2 Å². The summed E-state index contributed by atoms with van der Waals surface area (Å²) in [4.78, 5) is 16.9. The van der Waals surface area contributed by atoms with Crippen LogP contribution in [0.2, 0.25) is 15.1 Å². The second-order valence-electron chi connectivity index (χ2n) is 6.09. The quantitative estimate of drug-likeness (QED) is 0.349. The molecule has 1 aromatic heterocycles. The van der Waals surface area contributed by atoms with Gasteiger partial charge in [-0.2, -0.15) is 0 Å². The Bertz CT molecular complexity index is 1160. The lowest BCUT2D eigenvalue weighted by molar-refractivity contribution is -0.118. The fourth-order valence-electron chi connectivity index (χ4n) is 2.66. The molecule has 4 rings (SSSR count). The van der Waals surface area contributed by atoms with Crippen molar-refractivity contribution >= 4 is 68.0 Å². The molecule has 146 valence electrons. The zero-order valence-electron chi connectivity index (χ0n) is 14.8. The number of nitrogens with zero attached hydrogens (tertiary/aromatic N) is 1. The van der Waals surface area contributed by atoms with Crippen molar-refractivity contribution in [3.63, 3.8) is 0 Å². The van der Waals surface area contributed by atoms with E-state index >= 15 is 0 Å². The van der Waals surface area contributed by atoms with E-state index in [0.717, 1.165) is 15.2 Å². The summed E-state index contributed by atoms with van der Waals surface area (Å²) in [6, 6.07) is 17.9. The lowest BCUT2D eigenvalue weighted by Crippen LogP contribution is -2.20. The average Bonchev–Trinajstić information content (AvgIpc) is 3.13. The van der Waals surface area contributed by atoms with Crippen molar-refractivity contribution in [2.24, 2.45) is 0 Å². The van der Waals surface area contributed by atoms with Crippen LogP contribution in [0.25, 0.3) is 20.8 Å². The van der Waals surface area contributed by atoms with Crippen molar-refractivity contribution in [1.82, 2.24) is 4.98 Å². The Hall–Kier alpha value is -2.31. The molecule has 3 aromatic carbocycles. The number of amides is 1. The van der Waals surface area contributed by atoms with Crippen molar-refractivity contribution < 1.29 is 9.53 Å². The van der Waals surface area contributed by atoms with Crippen LogP contribution >= 0.6 is 46.1 Å². The Balaban J connectivity index is 1.53. The molecule has 0 saturated carbocycles. The van der Waals surface area contributed by atoms with Gasteiger partial charge in [-0.15, -0.1) is 11.3 Å². The number of hydrogen-bond acceptors (Lipinski definition) is 4. The van der Waals surface area contributed by atoms with Gasteiger partial charge in [-0.05, 0) is 48.5 Å². The third-order valence-corrected chi connectivity index (χ3v) is 5.99. The first-order valence-electron chi connectivity index (χ1n) is 8.53. The molecule has 0 fully saturated rings. The molecule has 0 saturated heterocycles. The Morgan fingerprint density at radius 2 is 1.76 bits per heavy atom. The minimum absolute atomic E-state index is 0.170. The molecule has 1 N–H and O–H groups in total. The standard InChI is InChI=1S/C21H13Cl3N2O2S/c22-12-5-7-13(8-6-12)28-11-20(27)25-18-9-14(15(23)10-16(18)24)21-26-17-3-1-2-4-19(17)29-21/h1-10H,11H2,(H,25,27). The molecule has 0 aliphatic heterocycles. The summed E-state index contributed by atoms with van der Waals surface area (Å²) in [5, 5.41) is 4.90. The van der Waals surface area contributed by atoms with Crippen molar-refractivity contribution in [1.29, 1.82) is 0 Å². The first-order chi connectivity index (χ1) is 14.0. The normalized spacial score (nSPS) is 10.9. The molecule has 0 unspecified atom stereocenters. The number of aromatic nitrogens is 1. The van der Waals surface area contributed by atoms with Gasteiger partial charge in [0.05, 0.1) is 25.9 Å². The number of rotatable bonds is 5. The van der Waals surface area contributed by atoms with Crippen molar-refractivity contribution in [3.05, 3.63) is 75.7 Å². The van der Waals surface area contributed by atoms with E-state index in [0.29, 0.717) is 32.1 Å². The Morgan fingerprint density at radius 3 is 2.52 bits per heavy atom. The lowest BCUT2D eigenvalue weighted by atomic mass is 10.2. The zero-order chi connectivity index (χ0) is 20.4. The second-order valence-corrected chi connectivity index (χ2v) is 8.37. The van der Waals surface area contributed by atoms with Gasteiger partial charge in [0, 0.05) is 10.6 Å². The molecular weight excluding hydrogens is 451 g/mol. The molecule has 4 aromatic rings. The number of hydrogen-bond donors (Lipinski definition) is 1. The van der Waals surface area contributed by atoms with Gasteiger partial charge in [0.15, 0.2) is 6.61 Å². The molecule has 1 amide bonds. The SMILES string of the molecule is O=C(COc1ccc(Cl)cc1)Nc1cc(-c2nc3ccccc3s2)c(Cl)cc1Cl. The number of fused-ring (bicyclic) bond motifs is 1. The number of thiazole rings is 1. The van der Waals surface area contributed by atoms with Crippen LogP contribution in [0.1, 0.15) is 0 Å². The highest BCUT2D eigenvalue weighted by Gasteiger charge is 2.15. The maximum Gasteiger partial charge on any atom is 0.262 e. The van der Waals surface area contributed by atoms with Gasteiger partial charge in [-0.25, -0.2) is 4.98 Å². The van der Waals surface area contributed by atoms with E-state index in [2.05, 4.69) is 10.3 Å². The lowest BCUT2D eigenvalue weighted by Gasteiger charge is -2.11. The van der Waals surface area contributed by atoms with Gasteiger partial charge in [-0.1, -0.05) is 46.9 Å². The summed E-state index contributed by atoms with van der Waals surface area (Å²) >= 11 is 20.0. The van der Waals surface area contributed by atoms with Crippen LogP contribution in [-0.2, 0) is 4.79 Å². The molecule has 0 radical (unpaired) electrons. The number of halogens is 3. The largest absolute Gasteiger partial charge is 0.484 e. The minimum atomic E-state index is -0.348. The number of para-hydroxylation sites is 1. The molecule has 0 bridgehead atoms. The van der Waals surface area contributed by atoms with E-state index in [9.17, 15) is 4.79 Å². The summed E-state index contributed by atoms with van der Waals surface area (Å²) in [5.41, 5.74) is 2.03. The minimum Gasteiger partial charge on any atom is -0.484 e. The van der Waals surface area contributed by atoms with E-state index < -0.39 is 0 Å². The van der Waals surface area contributed by atoms with Gasteiger partial charge in [0.25, 0.3) is 5.91 Å². The van der Waals surface area contributed by atoms with Crippen LogP contribution < -0.4 is 10.1 Å². The van der Waals surface area contributed by atoms with Crippen LogP contribution in [0.15, 0.2) is 60.7 Å². The summed E-state index contributed by atoms with van der Waals surface area (Å²) < 4.78 is 6.51. The number of anilines is 1. The summed E-state index contributed by atoms with van der Waals surface area (Å²) in [7, 11) is 0. The van der Waals surface area contributed by atoms with Gasteiger partial charge in [0.2, 0.25) is 0 Å². The third-order valence-electron chi connectivity index (χ3n) is 4.04. The predicted molar refractivity (Wildman–Crippen MR) is 121 cm³/mol. The monoisotopic (exact) mass is 462 g/mol. The maximum atomic E-state index is 12.3. The van der Waals surface area contributed by atoms with Gasteiger partial charge in [0.1, 0.15) is 10.8 Å². The van der Waals surface area contributed by atoms with E-state index in [4.69, 9.17) is 39.5 Å².